The standard InChI is InChI=1S/C16H24BBrN2O2/c1-15(2)16(3,4)22-17(21-15)12(10-20-5)8-11-6-7-13(18)9-14(11)19/h6-9,20H,10,19H2,1-5H3. The van der Waals surface area contributed by atoms with Crippen LogP contribution in [0.1, 0.15) is 33.3 Å². The van der Waals surface area contributed by atoms with E-state index in [-0.39, 0.29) is 18.3 Å². The number of benzene rings is 1. The second-order valence-corrected chi connectivity index (χ2v) is 7.53. The average molecular weight is 367 g/mol. The molecule has 0 saturated carbocycles. The third-order valence-electron chi connectivity index (χ3n) is 4.33. The SMILES string of the molecule is CNCC(=Cc1ccc(Br)cc1N)B1OC(C)(C)C(C)(C)O1. The van der Waals surface area contributed by atoms with E-state index >= 15 is 0 Å². The van der Waals surface area contributed by atoms with Crippen LogP contribution in [0.25, 0.3) is 6.08 Å². The van der Waals surface area contributed by atoms with Gasteiger partial charge in [0.2, 0.25) is 0 Å². The van der Waals surface area contributed by atoms with Gasteiger partial charge >= 0.3 is 7.12 Å². The van der Waals surface area contributed by atoms with Crippen molar-refractivity contribution in [1.82, 2.24) is 5.32 Å². The third kappa shape index (κ3) is 3.57. The summed E-state index contributed by atoms with van der Waals surface area (Å²) in [6.45, 7) is 8.89. The van der Waals surface area contributed by atoms with Gasteiger partial charge in [0.05, 0.1) is 11.2 Å². The van der Waals surface area contributed by atoms with Crippen molar-refractivity contribution in [1.29, 1.82) is 0 Å². The smallest absolute Gasteiger partial charge is 0.400 e. The first-order valence-corrected chi connectivity index (χ1v) is 8.21. The van der Waals surface area contributed by atoms with E-state index in [9.17, 15) is 0 Å². The molecule has 0 amide bonds. The van der Waals surface area contributed by atoms with Crippen molar-refractivity contribution in [3.63, 3.8) is 0 Å². The molecule has 0 aliphatic carbocycles. The summed E-state index contributed by atoms with van der Waals surface area (Å²) >= 11 is 3.43. The molecule has 1 aromatic rings. The molecule has 3 N–H and O–H groups in total. The molecule has 22 heavy (non-hydrogen) atoms. The van der Waals surface area contributed by atoms with Crippen molar-refractivity contribution in [2.24, 2.45) is 0 Å². The number of hydrogen-bond donors (Lipinski definition) is 2. The van der Waals surface area contributed by atoms with E-state index in [0.29, 0.717) is 6.54 Å². The Balaban J connectivity index is 2.33. The normalized spacial score (nSPS) is 20.5. The van der Waals surface area contributed by atoms with E-state index in [2.05, 4.69) is 48.9 Å². The molecule has 1 saturated heterocycles. The van der Waals surface area contributed by atoms with Crippen LogP contribution in [0.4, 0.5) is 5.69 Å². The second-order valence-electron chi connectivity index (χ2n) is 6.61. The summed E-state index contributed by atoms with van der Waals surface area (Å²) in [5, 5.41) is 3.17. The molecule has 1 aliphatic rings. The predicted molar refractivity (Wildman–Crippen MR) is 96.5 cm³/mol. The minimum Gasteiger partial charge on any atom is -0.400 e. The molecule has 0 radical (unpaired) electrons. The summed E-state index contributed by atoms with van der Waals surface area (Å²) in [6, 6.07) is 5.86. The fraction of sp³-hybridized carbons (Fsp3) is 0.500. The van der Waals surface area contributed by atoms with Gasteiger partial charge in [-0.2, -0.15) is 0 Å². The molecule has 0 aromatic heterocycles. The van der Waals surface area contributed by atoms with Crippen LogP contribution >= 0.6 is 15.9 Å². The van der Waals surface area contributed by atoms with Crippen molar-refractivity contribution in [2.75, 3.05) is 19.3 Å². The number of nitrogen functional groups attached to an aromatic ring is 1. The first kappa shape index (κ1) is 17.5. The minimum atomic E-state index is -0.375. The molecular weight excluding hydrogens is 343 g/mol. The van der Waals surface area contributed by atoms with Crippen LogP contribution in [0.5, 0.6) is 0 Å². The van der Waals surface area contributed by atoms with Gasteiger partial charge in [-0.3, -0.25) is 0 Å². The first-order valence-electron chi connectivity index (χ1n) is 7.42. The number of nitrogens with one attached hydrogen (secondary N) is 1. The minimum absolute atomic E-state index is 0.351. The highest BCUT2D eigenvalue weighted by atomic mass is 79.9. The molecule has 0 unspecified atom stereocenters. The summed E-state index contributed by atoms with van der Waals surface area (Å²) in [6.07, 6.45) is 2.04. The van der Waals surface area contributed by atoms with Gasteiger partial charge in [-0.15, -0.1) is 0 Å². The first-order chi connectivity index (χ1) is 10.2. The average Bonchev–Trinajstić information content (AvgIpc) is 2.61. The largest absolute Gasteiger partial charge is 0.491 e. The zero-order chi connectivity index (χ0) is 16.5. The highest BCUT2D eigenvalue weighted by molar-refractivity contribution is 9.10. The number of halogens is 1. The predicted octanol–water partition coefficient (Wildman–Crippen LogP) is 3.27. The Kier molecular flexibility index (Phi) is 5.07. The van der Waals surface area contributed by atoms with Crippen LogP contribution in [-0.4, -0.2) is 31.9 Å². The lowest BCUT2D eigenvalue weighted by molar-refractivity contribution is 0.00578. The summed E-state index contributed by atoms with van der Waals surface area (Å²) in [5.41, 5.74) is 8.10. The molecule has 2 rings (SSSR count). The van der Waals surface area contributed by atoms with Gasteiger partial charge in [0, 0.05) is 16.7 Å². The number of nitrogens with two attached hydrogens (primary N) is 1. The van der Waals surface area contributed by atoms with Crippen LogP contribution in [0.3, 0.4) is 0 Å². The monoisotopic (exact) mass is 366 g/mol. The maximum absolute atomic E-state index is 6.13. The Morgan fingerprint density at radius 1 is 1.27 bits per heavy atom. The number of hydrogen-bond acceptors (Lipinski definition) is 4. The van der Waals surface area contributed by atoms with Crippen molar-refractivity contribution in [2.45, 2.75) is 38.9 Å². The van der Waals surface area contributed by atoms with E-state index in [1.807, 2.05) is 31.3 Å². The molecule has 6 heteroatoms. The van der Waals surface area contributed by atoms with Crippen molar-refractivity contribution >= 4 is 34.8 Å². The fourth-order valence-corrected chi connectivity index (χ4v) is 2.66. The number of likely N-dealkylation sites (N-methyl/N-ethyl adjacent to an activating group) is 1. The van der Waals surface area contributed by atoms with Crippen molar-refractivity contribution in [3.8, 4) is 0 Å². The Labute approximate surface area is 141 Å². The zero-order valence-corrected chi connectivity index (χ0v) is 15.5. The van der Waals surface area contributed by atoms with E-state index in [1.54, 1.807) is 0 Å². The summed E-state index contributed by atoms with van der Waals surface area (Å²) in [4.78, 5) is 0. The zero-order valence-electron chi connectivity index (χ0n) is 13.9. The van der Waals surface area contributed by atoms with Crippen LogP contribution in [0, 0.1) is 0 Å². The van der Waals surface area contributed by atoms with Gasteiger partial charge in [-0.25, -0.2) is 0 Å². The molecular formula is C16H24BBrN2O2. The van der Waals surface area contributed by atoms with Crippen molar-refractivity contribution in [3.05, 3.63) is 33.7 Å². The highest BCUT2D eigenvalue weighted by Gasteiger charge is 2.52. The molecule has 1 aromatic carbocycles. The van der Waals surface area contributed by atoms with Gasteiger partial charge in [0.1, 0.15) is 0 Å². The molecule has 0 bridgehead atoms. The van der Waals surface area contributed by atoms with Gasteiger partial charge in [0.25, 0.3) is 0 Å². The lowest BCUT2D eigenvalue weighted by Crippen LogP contribution is -2.41. The Hall–Kier alpha value is -0.815. The van der Waals surface area contributed by atoms with Crippen molar-refractivity contribution < 1.29 is 9.31 Å². The molecule has 0 atom stereocenters. The summed E-state index contributed by atoms with van der Waals surface area (Å²) in [5.74, 6) is 0. The van der Waals surface area contributed by atoms with E-state index in [0.717, 1.165) is 21.2 Å². The molecule has 0 spiro atoms. The fourth-order valence-electron chi connectivity index (χ4n) is 2.28. The van der Waals surface area contributed by atoms with Gasteiger partial charge in [-0.05, 0) is 57.9 Å². The van der Waals surface area contributed by atoms with E-state index < -0.39 is 0 Å². The van der Waals surface area contributed by atoms with Crippen LogP contribution in [0.2, 0.25) is 0 Å². The van der Waals surface area contributed by atoms with Crippen LogP contribution in [0.15, 0.2) is 28.1 Å². The highest BCUT2D eigenvalue weighted by Crippen LogP contribution is 2.39. The second kappa shape index (κ2) is 6.36. The van der Waals surface area contributed by atoms with E-state index in [4.69, 9.17) is 15.0 Å². The number of rotatable bonds is 4. The topological polar surface area (TPSA) is 56.5 Å². The Bertz CT molecular complexity index is 572. The Morgan fingerprint density at radius 2 is 1.86 bits per heavy atom. The van der Waals surface area contributed by atoms with Gasteiger partial charge in [-0.1, -0.05) is 28.1 Å². The molecule has 1 heterocycles. The molecule has 4 nitrogen and oxygen atoms in total. The lowest BCUT2D eigenvalue weighted by atomic mass is 9.77. The van der Waals surface area contributed by atoms with Gasteiger partial charge in [0.15, 0.2) is 0 Å². The molecule has 1 fully saturated rings. The quantitative estimate of drug-likeness (QED) is 0.634. The van der Waals surface area contributed by atoms with E-state index in [1.165, 1.54) is 0 Å². The van der Waals surface area contributed by atoms with Crippen LogP contribution in [-0.2, 0) is 9.31 Å². The van der Waals surface area contributed by atoms with Crippen LogP contribution < -0.4 is 11.1 Å². The summed E-state index contributed by atoms with van der Waals surface area (Å²) < 4.78 is 13.2. The number of anilines is 1. The molecule has 120 valence electrons. The maximum Gasteiger partial charge on any atom is 0.491 e. The summed E-state index contributed by atoms with van der Waals surface area (Å²) in [7, 11) is 1.53. The molecule has 1 aliphatic heterocycles. The van der Waals surface area contributed by atoms with Gasteiger partial charge < -0.3 is 20.4 Å². The Morgan fingerprint density at radius 3 is 2.36 bits per heavy atom. The maximum atomic E-state index is 6.13. The third-order valence-corrected chi connectivity index (χ3v) is 4.82. The lowest BCUT2D eigenvalue weighted by Gasteiger charge is -2.32.